The first-order valence-electron chi connectivity index (χ1n) is 8.65. The zero-order valence-corrected chi connectivity index (χ0v) is 17.0. The van der Waals surface area contributed by atoms with E-state index in [2.05, 4.69) is 32.8 Å². The summed E-state index contributed by atoms with van der Waals surface area (Å²) >= 11 is 0. The monoisotopic (exact) mass is 413 g/mol. The van der Waals surface area contributed by atoms with Gasteiger partial charge in [-0.2, -0.15) is 0 Å². The Hall–Kier alpha value is -2.43. The van der Waals surface area contributed by atoms with E-state index in [0.717, 1.165) is 18.5 Å². The lowest BCUT2D eigenvalue weighted by molar-refractivity contribution is -0.159. The van der Waals surface area contributed by atoms with Crippen LogP contribution in [0.4, 0.5) is 0 Å². The number of aromatic nitrogens is 1. The van der Waals surface area contributed by atoms with Gasteiger partial charge in [-0.1, -0.05) is 6.07 Å². The summed E-state index contributed by atoms with van der Waals surface area (Å²) in [6, 6.07) is 8.38. The van der Waals surface area contributed by atoms with Crippen LogP contribution in [-0.4, -0.2) is 73.9 Å². The third kappa shape index (κ3) is 8.07. The normalized spacial score (nSPS) is 12.4. The van der Waals surface area contributed by atoms with Gasteiger partial charge in [0, 0.05) is 11.7 Å². The van der Waals surface area contributed by atoms with E-state index in [1.165, 1.54) is 18.0 Å². The molecule has 156 valence electrons. The van der Waals surface area contributed by atoms with Crippen molar-refractivity contribution in [2.45, 2.75) is 18.8 Å². The van der Waals surface area contributed by atoms with Gasteiger partial charge in [-0.3, -0.25) is 0 Å². The van der Waals surface area contributed by atoms with Crippen LogP contribution in [0, 0.1) is 0 Å². The molecule has 1 unspecified atom stereocenters. The predicted octanol–water partition coefficient (Wildman–Crippen LogP) is 1.30. The molecule has 1 aromatic heterocycles. The Morgan fingerprint density at radius 1 is 1.14 bits per heavy atom. The third-order valence-electron chi connectivity index (χ3n) is 4.20. The summed E-state index contributed by atoms with van der Waals surface area (Å²) in [7, 11) is 2.38. The number of hydrogen-bond acceptors (Lipinski definition) is 5. The minimum absolute atomic E-state index is 0.159. The number of fused-ring (bicyclic) bond motifs is 1. The first-order chi connectivity index (χ1) is 13.1. The highest BCUT2D eigenvalue weighted by Gasteiger charge is 2.17. The van der Waals surface area contributed by atoms with Gasteiger partial charge in [0.1, 0.15) is 0 Å². The van der Waals surface area contributed by atoms with Crippen LogP contribution in [0.1, 0.15) is 24.3 Å². The number of aromatic amines is 1. The van der Waals surface area contributed by atoms with E-state index in [1.807, 2.05) is 26.4 Å². The molecule has 0 spiro atoms. The Labute approximate surface area is 164 Å². The molecule has 9 nitrogen and oxygen atoms in total. The summed E-state index contributed by atoms with van der Waals surface area (Å²) < 4.78 is 25.8. The predicted molar refractivity (Wildman–Crippen MR) is 107 cm³/mol. The Balaban J connectivity index is 0.000000568. The van der Waals surface area contributed by atoms with Crippen molar-refractivity contribution in [1.82, 2.24) is 14.6 Å². The number of carbonyl (C=O) groups is 2. The first-order valence-corrected chi connectivity index (χ1v) is 10.3. The van der Waals surface area contributed by atoms with Crippen LogP contribution in [0.3, 0.4) is 0 Å². The molecule has 2 aromatic rings. The molecule has 0 aliphatic carbocycles. The minimum Gasteiger partial charge on any atom is -0.473 e. The van der Waals surface area contributed by atoms with E-state index in [0.29, 0.717) is 6.42 Å². The second-order valence-electron chi connectivity index (χ2n) is 6.54. The number of benzene rings is 1. The summed E-state index contributed by atoms with van der Waals surface area (Å²) in [6.45, 7) is 0.940. The number of sulfonamides is 1. The Morgan fingerprint density at radius 3 is 2.32 bits per heavy atom. The third-order valence-corrected chi connectivity index (χ3v) is 5.60. The van der Waals surface area contributed by atoms with Crippen molar-refractivity contribution in [3.05, 3.63) is 36.0 Å². The van der Waals surface area contributed by atoms with Gasteiger partial charge < -0.3 is 20.1 Å². The summed E-state index contributed by atoms with van der Waals surface area (Å²) in [4.78, 5) is 23.5. The summed E-state index contributed by atoms with van der Waals surface area (Å²) in [5.74, 6) is -3.25. The maximum Gasteiger partial charge on any atom is 0.414 e. The topological polar surface area (TPSA) is 140 Å². The van der Waals surface area contributed by atoms with Crippen LogP contribution in [0.5, 0.6) is 0 Å². The molecule has 0 fully saturated rings. The number of aliphatic carboxylic acids is 2. The first kappa shape index (κ1) is 23.6. The molecule has 0 radical (unpaired) electrons. The number of rotatable bonds is 8. The molecule has 0 saturated carbocycles. The SMILES string of the molecule is CNS(=O)(=O)CCC(CCN(C)C)c1ccc2[nH]ccc2c1.O=C(O)C(=O)O. The molecule has 28 heavy (non-hydrogen) atoms. The average molecular weight is 413 g/mol. The van der Waals surface area contributed by atoms with Crippen molar-refractivity contribution in [3.8, 4) is 0 Å². The molecule has 1 aromatic carbocycles. The second-order valence-corrected chi connectivity index (χ2v) is 8.58. The number of hydrogen-bond donors (Lipinski definition) is 4. The van der Waals surface area contributed by atoms with Gasteiger partial charge in [-0.15, -0.1) is 0 Å². The number of carboxylic acid groups (broad SMARTS) is 2. The van der Waals surface area contributed by atoms with E-state index in [1.54, 1.807) is 0 Å². The standard InChI is InChI=1S/C16H25N3O2S.C2H2O4/c1-17-22(20,21)11-8-13(7-10-19(2)3)14-4-5-16-15(12-14)6-9-18-16;3-1(4)2(5)6/h4-6,9,12-13,17-18H,7-8,10-11H2,1-3H3;(H,3,4)(H,5,6). The van der Waals surface area contributed by atoms with Gasteiger partial charge in [-0.25, -0.2) is 22.7 Å². The van der Waals surface area contributed by atoms with Gasteiger partial charge in [0.05, 0.1) is 5.75 Å². The van der Waals surface area contributed by atoms with Crippen LogP contribution in [0.15, 0.2) is 30.5 Å². The molecule has 4 N–H and O–H groups in total. The molecular weight excluding hydrogens is 386 g/mol. The van der Waals surface area contributed by atoms with E-state index in [4.69, 9.17) is 19.8 Å². The van der Waals surface area contributed by atoms with Crippen molar-refractivity contribution < 1.29 is 28.2 Å². The van der Waals surface area contributed by atoms with Crippen molar-refractivity contribution in [3.63, 3.8) is 0 Å². The van der Waals surface area contributed by atoms with Crippen molar-refractivity contribution >= 4 is 32.9 Å². The van der Waals surface area contributed by atoms with Crippen LogP contribution in [0.2, 0.25) is 0 Å². The molecular formula is C18H27N3O6S. The van der Waals surface area contributed by atoms with Crippen LogP contribution < -0.4 is 4.72 Å². The van der Waals surface area contributed by atoms with Gasteiger partial charge in [0.25, 0.3) is 0 Å². The lowest BCUT2D eigenvalue weighted by Crippen LogP contribution is -2.24. The Bertz CT molecular complexity index is 880. The maximum atomic E-state index is 11.7. The summed E-state index contributed by atoms with van der Waals surface area (Å²) in [5, 5.41) is 16.0. The van der Waals surface area contributed by atoms with E-state index < -0.39 is 22.0 Å². The number of H-pyrrole nitrogens is 1. The molecule has 0 aliphatic rings. The number of carboxylic acids is 2. The van der Waals surface area contributed by atoms with Gasteiger partial charge >= 0.3 is 11.9 Å². The molecule has 0 aliphatic heterocycles. The zero-order chi connectivity index (χ0) is 21.3. The zero-order valence-electron chi connectivity index (χ0n) is 16.2. The van der Waals surface area contributed by atoms with Crippen molar-refractivity contribution in [2.24, 2.45) is 0 Å². The maximum absolute atomic E-state index is 11.7. The molecule has 2 rings (SSSR count). The molecule has 0 bridgehead atoms. The van der Waals surface area contributed by atoms with Crippen molar-refractivity contribution in [1.29, 1.82) is 0 Å². The Morgan fingerprint density at radius 2 is 1.79 bits per heavy atom. The fraction of sp³-hybridized carbons (Fsp3) is 0.444. The fourth-order valence-corrected chi connectivity index (χ4v) is 3.42. The minimum atomic E-state index is -3.16. The highest BCUT2D eigenvalue weighted by molar-refractivity contribution is 7.89. The molecule has 0 saturated heterocycles. The highest BCUT2D eigenvalue weighted by atomic mass is 32.2. The average Bonchev–Trinajstić information content (AvgIpc) is 3.09. The smallest absolute Gasteiger partial charge is 0.414 e. The van der Waals surface area contributed by atoms with Gasteiger partial charge in [-0.05, 0) is 75.6 Å². The molecule has 10 heteroatoms. The summed E-state index contributed by atoms with van der Waals surface area (Å²) in [5.41, 5.74) is 2.32. The fourth-order valence-electron chi connectivity index (χ4n) is 2.62. The van der Waals surface area contributed by atoms with Crippen LogP contribution in [-0.2, 0) is 19.6 Å². The number of nitrogens with one attached hydrogen (secondary N) is 2. The molecule has 1 atom stereocenters. The number of nitrogens with zero attached hydrogens (tertiary/aromatic N) is 1. The van der Waals surface area contributed by atoms with Gasteiger partial charge in [0.2, 0.25) is 10.0 Å². The lowest BCUT2D eigenvalue weighted by Gasteiger charge is -2.20. The van der Waals surface area contributed by atoms with E-state index >= 15 is 0 Å². The Kier molecular flexibility index (Phi) is 9.10. The largest absolute Gasteiger partial charge is 0.473 e. The quantitative estimate of drug-likeness (QED) is 0.478. The van der Waals surface area contributed by atoms with E-state index in [-0.39, 0.29) is 11.7 Å². The van der Waals surface area contributed by atoms with Gasteiger partial charge in [0.15, 0.2) is 0 Å². The van der Waals surface area contributed by atoms with E-state index in [9.17, 15) is 8.42 Å². The summed E-state index contributed by atoms with van der Waals surface area (Å²) in [6.07, 6.45) is 3.50. The van der Waals surface area contributed by atoms with Crippen LogP contribution in [0.25, 0.3) is 10.9 Å². The van der Waals surface area contributed by atoms with Crippen molar-refractivity contribution in [2.75, 3.05) is 33.4 Å². The lowest BCUT2D eigenvalue weighted by atomic mass is 9.92. The molecule has 0 amide bonds. The highest BCUT2D eigenvalue weighted by Crippen LogP contribution is 2.27. The van der Waals surface area contributed by atoms with Crippen LogP contribution >= 0.6 is 0 Å². The second kappa shape index (κ2) is 10.8. The molecule has 1 heterocycles.